The molecule has 2 heteroatoms. The van der Waals surface area contributed by atoms with Gasteiger partial charge in [-0.3, -0.25) is 0 Å². The maximum Gasteiger partial charge on any atom is 0.136 e. The number of para-hydroxylation sites is 1. The SMILES string of the molecule is CC1(C)Cc2cccc(I)c2O1. The largest absolute Gasteiger partial charge is 0.486 e. The molecule has 1 aliphatic heterocycles. The predicted octanol–water partition coefficient (Wildman–Crippen LogP) is 3.00. The second-order valence-corrected chi connectivity index (χ2v) is 4.93. The van der Waals surface area contributed by atoms with Gasteiger partial charge in [0.25, 0.3) is 0 Å². The van der Waals surface area contributed by atoms with Crippen LogP contribution in [0.4, 0.5) is 0 Å². The highest BCUT2D eigenvalue weighted by Crippen LogP contribution is 2.37. The molecule has 64 valence electrons. The molecule has 0 fully saturated rings. The molecule has 1 aromatic carbocycles. The van der Waals surface area contributed by atoms with Gasteiger partial charge in [0.2, 0.25) is 0 Å². The highest BCUT2D eigenvalue weighted by molar-refractivity contribution is 14.1. The quantitative estimate of drug-likeness (QED) is 0.661. The van der Waals surface area contributed by atoms with E-state index in [0.717, 1.165) is 12.2 Å². The van der Waals surface area contributed by atoms with Gasteiger partial charge in [0.05, 0.1) is 3.57 Å². The first-order chi connectivity index (χ1) is 5.58. The molecule has 0 N–H and O–H groups in total. The zero-order valence-corrected chi connectivity index (χ0v) is 9.38. The van der Waals surface area contributed by atoms with E-state index < -0.39 is 0 Å². The van der Waals surface area contributed by atoms with E-state index in [9.17, 15) is 0 Å². The van der Waals surface area contributed by atoms with Gasteiger partial charge in [-0.25, -0.2) is 0 Å². The lowest BCUT2D eigenvalue weighted by molar-refractivity contribution is 0.137. The van der Waals surface area contributed by atoms with E-state index >= 15 is 0 Å². The van der Waals surface area contributed by atoms with Crippen molar-refractivity contribution < 1.29 is 4.74 Å². The topological polar surface area (TPSA) is 9.23 Å². The van der Waals surface area contributed by atoms with Gasteiger partial charge in [-0.2, -0.15) is 0 Å². The molecule has 1 aliphatic rings. The fraction of sp³-hybridized carbons (Fsp3) is 0.400. The molecule has 0 saturated carbocycles. The van der Waals surface area contributed by atoms with Gasteiger partial charge in [0, 0.05) is 6.42 Å². The second kappa shape index (κ2) is 2.62. The molecule has 0 aliphatic carbocycles. The molecule has 1 heterocycles. The Kier molecular flexibility index (Phi) is 1.82. The summed E-state index contributed by atoms with van der Waals surface area (Å²) in [6.07, 6.45) is 1.03. The van der Waals surface area contributed by atoms with Crippen LogP contribution < -0.4 is 4.74 Å². The summed E-state index contributed by atoms with van der Waals surface area (Å²) in [5, 5.41) is 0. The van der Waals surface area contributed by atoms with Crippen LogP contribution in [-0.2, 0) is 6.42 Å². The van der Waals surface area contributed by atoms with Crippen molar-refractivity contribution in [2.75, 3.05) is 0 Å². The Bertz CT molecular complexity index is 318. The molecule has 0 spiro atoms. The van der Waals surface area contributed by atoms with Crippen molar-refractivity contribution in [1.82, 2.24) is 0 Å². The molecule has 0 atom stereocenters. The minimum Gasteiger partial charge on any atom is -0.486 e. The fourth-order valence-electron chi connectivity index (χ4n) is 1.58. The van der Waals surface area contributed by atoms with Crippen molar-refractivity contribution in [2.45, 2.75) is 25.9 Å². The fourth-order valence-corrected chi connectivity index (χ4v) is 2.24. The van der Waals surface area contributed by atoms with E-state index in [1.807, 2.05) is 0 Å². The van der Waals surface area contributed by atoms with Gasteiger partial charge in [-0.1, -0.05) is 12.1 Å². The van der Waals surface area contributed by atoms with Gasteiger partial charge >= 0.3 is 0 Å². The monoisotopic (exact) mass is 274 g/mol. The lowest BCUT2D eigenvalue weighted by Crippen LogP contribution is -2.24. The van der Waals surface area contributed by atoms with Crippen molar-refractivity contribution >= 4 is 22.6 Å². The van der Waals surface area contributed by atoms with E-state index in [1.165, 1.54) is 9.13 Å². The normalized spacial score (nSPS) is 18.6. The predicted molar refractivity (Wildman–Crippen MR) is 57.6 cm³/mol. The number of ether oxygens (including phenoxy) is 1. The van der Waals surface area contributed by atoms with E-state index in [1.54, 1.807) is 0 Å². The Hall–Kier alpha value is -0.250. The molecule has 0 saturated heterocycles. The molecule has 12 heavy (non-hydrogen) atoms. The standard InChI is InChI=1S/C10H11IO/c1-10(2)6-7-4-3-5-8(11)9(7)12-10/h3-5H,6H2,1-2H3. The zero-order valence-electron chi connectivity index (χ0n) is 7.23. The van der Waals surface area contributed by atoms with Crippen LogP contribution >= 0.6 is 22.6 Å². The molecule has 0 aromatic heterocycles. The van der Waals surface area contributed by atoms with Crippen LogP contribution in [0.1, 0.15) is 19.4 Å². The van der Waals surface area contributed by atoms with E-state index in [-0.39, 0.29) is 5.60 Å². The molecular weight excluding hydrogens is 263 g/mol. The zero-order chi connectivity index (χ0) is 8.77. The molecule has 1 nitrogen and oxygen atoms in total. The Morgan fingerprint density at radius 1 is 1.42 bits per heavy atom. The first kappa shape index (κ1) is 8.35. The Morgan fingerprint density at radius 3 is 2.83 bits per heavy atom. The van der Waals surface area contributed by atoms with Crippen LogP contribution in [0.2, 0.25) is 0 Å². The second-order valence-electron chi connectivity index (χ2n) is 3.77. The number of fused-ring (bicyclic) bond motifs is 1. The minimum absolute atomic E-state index is 0.0103. The molecule has 0 bridgehead atoms. The minimum atomic E-state index is -0.0103. The van der Waals surface area contributed by atoms with Gasteiger partial charge in [0.1, 0.15) is 11.4 Å². The highest BCUT2D eigenvalue weighted by Gasteiger charge is 2.30. The Balaban J connectivity index is 2.48. The summed E-state index contributed by atoms with van der Waals surface area (Å²) in [5.41, 5.74) is 1.33. The van der Waals surface area contributed by atoms with Crippen LogP contribution in [0.5, 0.6) is 5.75 Å². The van der Waals surface area contributed by atoms with Gasteiger partial charge in [-0.15, -0.1) is 0 Å². The van der Waals surface area contributed by atoms with Crippen LogP contribution in [0.3, 0.4) is 0 Å². The molecule has 0 amide bonds. The van der Waals surface area contributed by atoms with Crippen molar-refractivity contribution in [1.29, 1.82) is 0 Å². The van der Waals surface area contributed by atoms with Gasteiger partial charge in [0.15, 0.2) is 0 Å². The maximum absolute atomic E-state index is 5.82. The number of halogens is 1. The number of hydrogen-bond acceptors (Lipinski definition) is 1. The van der Waals surface area contributed by atoms with Crippen molar-refractivity contribution in [3.05, 3.63) is 27.3 Å². The summed E-state index contributed by atoms with van der Waals surface area (Å²) in [6.45, 7) is 4.26. The summed E-state index contributed by atoms with van der Waals surface area (Å²) in [4.78, 5) is 0. The van der Waals surface area contributed by atoms with Crippen LogP contribution in [0, 0.1) is 3.57 Å². The van der Waals surface area contributed by atoms with Gasteiger partial charge < -0.3 is 4.74 Å². The summed E-state index contributed by atoms with van der Waals surface area (Å²) >= 11 is 2.32. The molecule has 1 aromatic rings. The molecule has 0 unspecified atom stereocenters. The Morgan fingerprint density at radius 2 is 2.17 bits per heavy atom. The lowest BCUT2D eigenvalue weighted by Gasteiger charge is -2.17. The lowest BCUT2D eigenvalue weighted by atomic mass is 10.0. The number of benzene rings is 1. The molecule has 0 radical (unpaired) electrons. The highest BCUT2D eigenvalue weighted by atomic mass is 127. The maximum atomic E-state index is 5.82. The first-order valence-corrected chi connectivity index (χ1v) is 5.13. The van der Waals surface area contributed by atoms with Crippen LogP contribution in [0.15, 0.2) is 18.2 Å². The molecule has 2 rings (SSSR count). The third-order valence-corrected chi connectivity index (χ3v) is 2.89. The average Bonchev–Trinajstić information content (AvgIpc) is 2.25. The third kappa shape index (κ3) is 1.32. The van der Waals surface area contributed by atoms with E-state index in [2.05, 4.69) is 54.6 Å². The van der Waals surface area contributed by atoms with Gasteiger partial charge in [-0.05, 0) is 48.1 Å². The summed E-state index contributed by atoms with van der Waals surface area (Å²) in [7, 11) is 0. The van der Waals surface area contributed by atoms with Crippen LogP contribution in [0.25, 0.3) is 0 Å². The third-order valence-electron chi connectivity index (χ3n) is 2.04. The van der Waals surface area contributed by atoms with Crippen LogP contribution in [-0.4, -0.2) is 5.60 Å². The van der Waals surface area contributed by atoms with E-state index in [4.69, 9.17) is 4.74 Å². The molecular formula is C10H11IO. The summed E-state index contributed by atoms with van der Waals surface area (Å²) in [6, 6.07) is 6.32. The number of hydrogen-bond donors (Lipinski definition) is 0. The average molecular weight is 274 g/mol. The number of rotatable bonds is 0. The van der Waals surface area contributed by atoms with Crippen molar-refractivity contribution in [3.8, 4) is 5.75 Å². The summed E-state index contributed by atoms with van der Waals surface area (Å²) < 4.78 is 7.04. The van der Waals surface area contributed by atoms with Crippen molar-refractivity contribution in [3.63, 3.8) is 0 Å². The summed E-state index contributed by atoms with van der Waals surface area (Å²) in [5.74, 6) is 1.09. The smallest absolute Gasteiger partial charge is 0.136 e. The van der Waals surface area contributed by atoms with Crippen molar-refractivity contribution in [2.24, 2.45) is 0 Å². The Labute approximate surface area is 86.3 Å². The van der Waals surface area contributed by atoms with E-state index in [0.29, 0.717) is 0 Å². The first-order valence-electron chi connectivity index (χ1n) is 4.05.